The van der Waals surface area contributed by atoms with E-state index in [2.05, 4.69) is 10.4 Å². The number of amides is 1. The number of nitrogens with zero attached hydrogens (tertiary/aromatic N) is 2. The van der Waals surface area contributed by atoms with Crippen molar-refractivity contribution >= 4 is 17.5 Å². The highest BCUT2D eigenvalue weighted by molar-refractivity contribution is 6.31. The third-order valence-electron chi connectivity index (χ3n) is 4.45. The smallest absolute Gasteiger partial charge is 0.254 e. The zero-order valence-corrected chi connectivity index (χ0v) is 14.8. The third kappa shape index (κ3) is 3.44. The Kier molecular flexibility index (Phi) is 4.63. The topological polar surface area (TPSA) is 56.1 Å². The summed E-state index contributed by atoms with van der Waals surface area (Å²) >= 11 is 6.19. The predicted molar refractivity (Wildman–Crippen MR) is 99.5 cm³/mol. The first-order chi connectivity index (χ1) is 12.7. The lowest BCUT2D eigenvalue weighted by molar-refractivity contribution is 0.0924. The molecule has 1 N–H and O–H groups in total. The highest BCUT2D eigenvalue weighted by Gasteiger charge is 2.23. The molecule has 5 nitrogen and oxygen atoms in total. The summed E-state index contributed by atoms with van der Waals surface area (Å²) in [6.07, 6.45) is 4.07. The number of hydrogen-bond donors (Lipinski definition) is 1. The van der Waals surface area contributed by atoms with Gasteiger partial charge in [0.1, 0.15) is 5.75 Å². The Morgan fingerprint density at radius 1 is 1.23 bits per heavy atom. The maximum Gasteiger partial charge on any atom is 0.254 e. The lowest BCUT2D eigenvalue weighted by atomic mass is 10.0. The van der Waals surface area contributed by atoms with Crippen LogP contribution in [0.1, 0.15) is 33.9 Å². The van der Waals surface area contributed by atoms with E-state index in [-0.39, 0.29) is 11.9 Å². The molecular formula is C20H18ClN3O2. The second-order valence-corrected chi connectivity index (χ2v) is 6.63. The van der Waals surface area contributed by atoms with Gasteiger partial charge in [0.05, 0.1) is 31.0 Å². The summed E-state index contributed by atoms with van der Waals surface area (Å²) in [5.41, 5.74) is 2.50. The molecule has 132 valence electrons. The number of carbonyl (C=O) groups is 1. The summed E-state index contributed by atoms with van der Waals surface area (Å²) in [5.74, 6) is 0.690. The molecule has 0 saturated heterocycles. The molecule has 1 aromatic heterocycles. The van der Waals surface area contributed by atoms with Crippen LogP contribution in [-0.4, -0.2) is 22.3 Å². The molecule has 0 fully saturated rings. The first-order valence-electron chi connectivity index (χ1n) is 8.49. The normalized spacial score (nSPS) is 15.8. The molecule has 4 rings (SSSR count). The van der Waals surface area contributed by atoms with Gasteiger partial charge < -0.3 is 10.1 Å². The maximum absolute atomic E-state index is 12.6. The number of nitrogens with one attached hydrogen (secondary N) is 1. The van der Waals surface area contributed by atoms with E-state index in [9.17, 15) is 4.79 Å². The van der Waals surface area contributed by atoms with Crippen molar-refractivity contribution in [1.29, 1.82) is 0 Å². The Bertz CT molecular complexity index is 938. The number of halogens is 1. The van der Waals surface area contributed by atoms with E-state index in [0.717, 1.165) is 23.3 Å². The number of para-hydroxylation sites is 1. The predicted octanol–water partition coefficient (Wildman–Crippen LogP) is 3.84. The minimum Gasteiger partial charge on any atom is -0.493 e. The monoisotopic (exact) mass is 367 g/mol. The first-order valence-corrected chi connectivity index (χ1v) is 8.87. The molecule has 6 heteroatoms. The lowest BCUT2D eigenvalue weighted by Crippen LogP contribution is -2.32. The molecule has 0 bridgehead atoms. The van der Waals surface area contributed by atoms with Crippen LogP contribution < -0.4 is 10.1 Å². The van der Waals surface area contributed by atoms with Crippen molar-refractivity contribution in [3.8, 4) is 5.75 Å². The summed E-state index contributed by atoms with van der Waals surface area (Å²) in [6.45, 7) is 1.11. The SMILES string of the molecule is O=C(NC1CCOc2ccccc21)c1cnn(Cc2ccccc2Cl)c1. The Labute approximate surface area is 156 Å². The van der Waals surface area contributed by atoms with Gasteiger partial charge in [-0.2, -0.15) is 5.10 Å². The van der Waals surface area contributed by atoms with E-state index in [1.807, 2.05) is 48.5 Å². The number of rotatable bonds is 4. The van der Waals surface area contributed by atoms with Gasteiger partial charge in [-0.25, -0.2) is 0 Å². The fourth-order valence-electron chi connectivity index (χ4n) is 3.10. The highest BCUT2D eigenvalue weighted by Crippen LogP contribution is 2.31. The van der Waals surface area contributed by atoms with Gasteiger partial charge in [0.25, 0.3) is 5.91 Å². The number of hydrogen-bond acceptors (Lipinski definition) is 3. The Morgan fingerprint density at radius 2 is 2.04 bits per heavy atom. The highest BCUT2D eigenvalue weighted by atomic mass is 35.5. The van der Waals surface area contributed by atoms with Crippen LogP contribution in [0.15, 0.2) is 60.9 Å². The van der Waals surface area contributed by atoms with E-state index < -0.39 is 0 Å². The molecule has 26 heavy (non-hydrogen) atoms. The van der Waals surface area contributed by atoms with Crippen molar-refractivity contribution in [2.24, 2.45) is 0 Å². The van der Waals surface area contributed by atoms with Crippen LogP contribution in [0.25, 0.3) is 0 Å². The largest absolute Gasteiger partial charge is 0.493 e. The van der Waals surface area contributed by atoms with Crippen molar-refractivity contribution < 1.29 is 9.53 Å². The number of benzene rings is 2. The number of aromatic nitrogens is 2. The fraction of sp³-hybridized carbons (Fsp3) is 0.200. The summed E-state index contributed by atoms with van der Waals surface area (Å²) in [7, 11) is 0. The van der Waals surface area contributed by atoms with Crippen molar-refractivity contribution in [2.45, 2.75) is 19.0 Å². The molecule has 1 atom stereocenters. The van der Waals surface area contributed by atoms with Crippen LogP contribution in [-0.2, 0) is 6.54 Å². The first kappa shape index (κ1) is 16.7. The van der Waals surface area contributed by atoms with Gasteiger partial charge in [0.2, 0.25) is 0 Å². The van der Waals surface area contributed by atoms with Gasteiger partial charge >= 0.3 is 0 Å². The minimum absolute atomic E-state index is 0.0561. The quantitative estimate of drug-likeness (QED) is 0.762. The molecule has 1 unspecified atom stereocenters. The van der Waals surface area contributed by atoms with Crippen LogP contribution in [0.5, 0.6) is 5.75 Å². The Hall–Kier alpha value is -2.79. The van der Waals surface area contributed by atoms with Gasteiger partial charge in [-0.3, -0.25) is 9.48 Å². The van der Waals surface area contributed by atoms with Crippen molar-refractivity contribution in [3.05, 3.63) is 82.6 Å². The minimum atomic E-state index is -0.142. The van der Waals surface area contributed by atoms with Crippen LogP contribution in [0, 0.1) is 0 Å². The van der Waals surface area contributed by atoms with Crippen LogP contribution in [0.3, 0.4) is 0 Å². The zero-order chi connectivity index (χ0) is 17.9. The van der Waals surface area contributed by atoms with Gasteiger partial charge in [-0.15, -0.1) is 0 Å². The third-order valence-corrected chi connectivity index (χ3v) is 4.82. The second-order valence-electron chi connectivity index (χ2n) is 6.22. The summed E-state index contributed by atoms with van der Waals surface area (Å²) in [4.78, 5) is 12.6. The molecule has 3 aromatic rings. The van der Waals surface area contributed by atoms with Crippen LogP contribution >= 0.6 is 11.6 Å². The molecular weight excluding hydrogens is 350 g/mol. The summed E-state index contributed by atoms with van der Waals surface area (Å²) in [5, 5.41) is 8.05. The number of carbonyl (C=O) groups excluding carboxylic acids is 1. The van der Waals surface area contributed by atoms with E-state index in [1.54, 1.807) is 17.1 Å². The van der Waals surface area contributed by atoms with Crippen LogP contribution in [0.2, 0.25) is 5.02 Å². The fourth-order valence-corrected chi connectivity index (χ4v) is 3.30. The van der Waals surface area contributed by atoms with E-state index in [4.69, 9.17) is 16.3 Å². The molecule has 0 radical (unpaired) electrons. The molecule has 1 amide bonds. The molecule has 2 aromatic carbocycles. The Balaban J connectivity index is 1.47. The molecule has 0 saturated carbocycles. The zero-order valence-electron chi connectivity index (χ0n) is 14.1. The van der Waals surface area contributed by atoms with Crippen LogP contribution in [0.4, 0.5) is 0 Å². The van der Waals surface area contributed by atoms with Crippen molar-refractivity contribution in [2.75, 3.05) is 6.61 Å². The lowest BCUT2D eigenvalue weighted by Gasteiger charge is -2.26. The average Bonchev–Trinajstić information content (AvgIpc) is 3.13. The number of ether oxygens (including phenoxy) is 1. The van der Waals surface area contributed by atoms with Gasteiger partial charge in [0.15, 0.2) is 0 Å². The maximum atomic E-state index is 12.6. The van der Waals surface area contributed by atoms with Gasteiger partial charge in [-0.1, -0.05) is 48.0 Å². The molecule has 0 aliphatic carbocycles. The van der Waals surface area contributed by atoms with Gasteiger partial charge in [-0.05, 0) is 17.7 Å². The van der Waals surface area contributed by atoms with Gasteiger partial charge in [0, 0.05) is 23.2 Å². The summed E-state index contributed by atoms with van der Waals surface area (Å²) in [6, 6.07) is 15.4. The molecule has 0 spiro atoms. The number of fused-ring (bicyclic) bond motifs is 1. The molecule has 2 heterocycles. The standard InChI is InChI=1S/C20H18ClN3O2/c21-17-7-3-1-5-14(17)12-24-13-15(11-22-24)20(25)23-18-9-10-26-19-8-4-2-6-16(18)19/h1-8,11,13,18H,9-10,12H2,(H,23,25). The van der Waals surface area contributed by atoms with E-state index >= 15 is 0 Å². The van der Waals surface area contributed by atoms with E-state index in [0.29, 0.717) is 23.7 Å². The molecule has 1 aliphatic rings. The van der Waals surface area contributed by atoms with Crippen molar-refractivity contribution in [3.63, 3.8) is 0 Å². The summed E-state index contributed by atoms with van der Waals surface area (Å²) < 4.78 is 7.36. The van der Waals surface area contributed by atoms with E-state index in [1.165, 1.54) is 0 Å². The average molecular weight is 368 g/mol. The molecule has 1 aliphatic heterocycles. The van der Waals surface area contributed by atoms with Crippen molar-refractivity contribution in [1.82, 2.24) is 15.1 Å². The second kappa shape index (κ2) is 7.22. The Morgan fingerprint density at radius 3 is 2.92 bits per heavy atom.